The highest BCUT2D eigenvalue weighted by Crippen LogP contribution is 2.29. The summed E-state index contributed by atoms with van der Waals surface area (Å²) in [6.45, 7) is 3.90. The first-order valence-corrected chi connectivity index (χ1v) is 10.9. The Hall–Kier alpha value is -3.16. The van der Waals surface area contributed by atoms with E-state index in [1.807, 2.05) is 43.5 Å². The molecule has 2 heterocycles. The van der Waals surface area contributed by atoms with E-state index in [9.17, 15) is 14.7 Å². The largest absolute Gasteiger partial charge is 0.478 e. The van der Waals surface area contributed by atoms with E-state index in [1.54, 1.807) is 24.3 Å². The fraction of sp³-hybridized carbons (Fsp3) is 0.130. The van der Waals surface area contributed by atoms with Gasteiger partial charge in [0.05, 0.1) is 22.2 Å². The molecule has 0 aliphatic rings. The molecule has 0 atom stereocenters. The monoisotopic (exact) mass is 434 g/mol. The number of allylic oxidation sites excluding steroid dienone is 1. The Morgan fingerprint density at radius 1 is 0.933 bits per heavy atom. The molecule has 4 aromatic rings. The van der Waals surface area contributed by atoms with Crippen LogP contribution in [0.4, 0.5) is 0 Å². The number of nitrogens with zero attached hydrogens (tertiary/aromatic N) is 2. The number of fused-ring (bicyclic) bond motifs is 1. The van der Waals surface area contributed by atoms with Gasteiger partial charge in [0, 0.05) is 12.0 Å². The van der Waals surface area contributed by atoms with E-state index in [-0.39, 0.29) is 23.4 Å². The predicted molar refractivity (Wildman–Crippen MR) is 120 cm³/mol. The van der Waals surface area contributed by atoms with Gasteiger partial charge in [-0.15, -0.1) is 11.3 Å². The van der Waals surface area contributed by atoms with Gasteiger partial charge in [0.15, 0.2) is 5.78 Å². The summed E-state index contributed by atoms with van der Waals surface area (Å²) in [4.78, 5) is 26.3. The molecule has 150 valence electrons. The molecule has 0 amide bonds. The number of thiophene rings is 1. The van der Waals surface area contributed by atoms with Crippen LogP contribution in [0.1, 0.15) is 31.9 Å². The summed E-state index contributed by atoms with van der Waals surface area (Å²) in [5, 5.41) is 12.0. The van der Waals surface area contributed by atoms with Crippen molar-refractivity contribution in [1.82, 2.24) is 8.75 Å². The molecule has 5 nitrogen and oxygen atoms in total. The average molecular weight is 435 g/mol. The van der Waals surface area contributed by atoms with E-state index < -0.39 is 5.97 Å². The molecule has 0 radical (unpaired) electrons. The van der Waals surface area contributed by atoms with Crippen molar-refractivity contribution >= 4 is 51.4 Å². The van der Waals surface area contributed by atoms with Crippen LogP contribution in [-0.2, 0) is 11.2 Å². The van der Waals surface area contributed by atoms with Gasteiger partial charge in [-0.3, -0.25) is 4.79 Å². The van der Waals surface area contributed by atoms with Crippen LogP contribution in [0.2, 0.25) is 0 Å². The zero-order valence-electron chi connectivity index (χ0n) is 16.4. The summed E-state index contributed by atoms with van der Waals surface area (Å²) in [7, 11) is 0. The third kappa shape index (κ3) is 4.08. The molecule has 4 rings (SSSR count). The van der Waals surface area contributed by atoms with Crippen molar-refractivity contribution in [2.75, 3.05) is 0 Å². The van der Waals surface area contributed by atoms with E-state index in [0.29, 0.717) is 21.5 Å². The van der Waals surface area contributed by atoms with Gasteiger partial charge in [0.1, 0.15) is 11.0 Å². The normalized spacial score (nSPS) is 12.1. The number of carboxylic acid groups (broad SMARTS) is 1. The SMILES string of the molecule is Cc1ccc(CC(C(=O)c2cc(C)cs2)=C(C(=O)O)c2ccc3nsnc3c2)cc1. The lowest BCUT2D eigenvalue weighted by atomic mass is 9.91. The highest BCUT2D eigenvalue weighted by molar-refractivity contribution is 7.12. The van der Waals surface area contributed by atoms with Gasteiger partial charge < -0.3 is 5.11 Å². The van der Waals surface area contributed by atoms with Gasteiger partial charge >= 0.3 is 5.97 Å². The summed E-state index contributed by atoms with van der Waals surface area (Å²) in [6, 6.07) is 14.7. The molecule has 0 bridgehead atoms. The maximum Gasteiger partial charge on any atom is 0.336 e. The van der Waals surface area contributed by atoms with Crippen molar-refractivity contribution in [1.29, 1.82) is 0 Å². The highest BCUT2D eigenvalue weighted by atomic mass is 32.1. The Bertz CT molecular complexity index is 1280. The number of hydrogen-bond donors (Lipinski definition) is 1. The fourth-order valence-corrected chi connectivity index (χ4v) is 4.64. The Balaban J connectivity index is 1.90. The minimum Gasteiger partial charge on any atom is -0.478 e. The number of carboxylic acids is 1. The van der Waals surface area contributed by atoms with Crippen LogP contribution in [0, 0.1) is 13.8 Å². The lowest BCUT2D eigenvalue weighted by Gasteiger charge is -2.12. The lowest BCUT2D eigenvalue weighted by Crippen LogP contribution is -2.13. The second-order valence-corrected chi connectivity index (χ2v) is 8.55. The summed E-state index contributed by atoms with van der Waals surface area (Å²) >= 11 is 2.40. The molecular formula is C23H18N2O3S2. The third-order valence-electron chi connectivity index (χ3n) is 4.79. The number of Topliss-reactive ketones (excluding diaryl/α,β-unsaturated/α-hetero) is 1. The zero-order chi connectivity index (χ0) is 21.3. The first kappa shape index (κ1) is 20.1. The number of benzene rings is 2. The number of aryl methyl sites for hydroxylation is 2. The van der Waals surface area contributed by atoms with Crippen LogP contribution in [-0.4, -0.2) is 25.6 Å². The molecule has 0 saturated heterocycles. The quantitative estimate of drug-likeness (QED) is 0.328. The molecule has 7 heteroatoms. The van der Waals surface area contributed by atoms with Gasteiger partial charge in [-0.05, 0) is 54.1 Å². The Labute approximate surface area is 181 Å². The van der Waals surface area contributed by atoms with Crippen molar-refractivity contribution in [3.8, 4) is 0 Å². The maximum absolute atomic E-state index is 13.4. The van der Waals surface area contributed by atoms with Crippen LogP contribution in [0.15, 0.2) is 59.5 Å². The fourth-order valence-electron chi connectivity index (χ4n) is 3.26. The number of carbonyl (C=O) groups excluding carboxylic acids is 1. The standard InChI is InChI=1S/C23H18N2O3S2/c1-13-3-5-15(6-4-13)10-17(22(26)20-9-14(2)12-29-20)21(23(27)28)16-7-8-18-19(11-16)25-30-24-18/h3-9,11-12H,10H2,1-2H3,(H,27,28). The first-order chi connectivity index (χ1) is 14.4. The average Bonchev–Trinajstić information content (AvgIpc) is 3.36. The zero-order valence-corrected chi connectivity index (χ0v) is 18.0. The molecular weight excluding hydrogens is 416 g/mol. The van der Waals surface area contributed by atoms with E-state index in [4.69, 9.17) is 0 Å². The summed E-state index contributed by atoms with van der Waals surface area (Å²) in [5.74, 6) is -1.40. The van der Waals surface area contributed by atoms with Gasteiger partial charge in [-0.25, -0.2) is 4.79 Å². The van der Waals surface area contributed by atoms with Crippen molar-refractivity contribution in [2.45, 2.75) is 20.3 Å². The van der Waals surface area contributed by atoms with Crippen molar-refractivity contribution < 1.29 is 14.7 Å². The first-order valence-electron chi connectivity index (χ1n) is 9.27. The van der Waals surface area contributed by atoms with E-state index in [1.165, 1.54) is 11.3 Å². The summed E-state index contributed by atoms with van der Waals surface area (Å²) < 4.78 is 8.38. The van der Waals surface area contributed by atoms with Crippen LogP contribution in [0.5, 0.6) is 0 Å². The number of hydrogen-bond acceptors (Lipinski definition) is 6. The minimum absolute atomic E-state index is 0.00141. The van der Waals surface area contributed by atoms with Gasteiger partial charge in [-0.2, -0.15) is 8.75 Å². The molecule has 0 spiro atoms. The molecule has 0 fully saturated rings. The molecule has 0 aliphatic heterocycles. The number of ketones is 1. The molecule has 0 saturated carbocycles. The smallest absolute Gasteiger partial charge is 0.336 e. The summed E-state index contributed by atoms with van der Waals surface area (Å²) in [5.41, 5.74) is 4.99. The van der Waals surface area contributed by atoms with E-state index in [2.05, 4.69) is 8.75 Å². The van der Waals surface area contributed by atoms with Gasteiger partial charge in [0.2, 0.25) is 0 Å². The Morgan fingerprint density at radius 3 is 2.33 bits per heavy atom. The second-order valence-electron chi connectivity index (χ2n) is 7.11. The van der Waals surface area contributed by atoms with Crippen molar-refractivity contribution in [3.05, 3.63) is 86.6 Å². The second kappa shape index (κ2) is 8.30. The number of carbonyl (C=O) groups is 2. The molecule has 1 N–H and O–H groups in total. The lowest BCUT2D eigenvalue weighted by molar-refractivity contribution is -0.130. The Morgan fingerprint density at radius 2 is 1.67 bits per heavy atom. The van der Waals surface area contributed by atoms with Gasteiger partial charge in [-0.1, -0.05) is 35.9 Å². The van der Waals surface area contributed by atoms with Crippen molar-refractivity contribution in [2.24, 2.45) is 0 Å². The maximum atomic E-state index is 13.4. The Kier molecular flexibility index (Phi) is 5.57. The van der Waals surface area contributed by atoms with Gasteiger partial charge in [0.25, 0.3) is 0 Å². The molecule has 2 aromatic heterocycles. The van der Waals surface area contributed by atoms with Crippen LogP contribution < -0.4 is 0 Å². The van der Waals surface area contributed by atoms with E-state index >= 15 is 0 Å². The number of aromatic nitrogens is 2. The third-order valence-corrected chi connectivity index (χ3v) is 6.39. The molecule has 30 heavy (non-hydrogen) atoms. The van der Waals surface area contributed by atoms with Crippen molar-refractivity contribution in [3.63, 3.8) is 0 Å². The van der Waals surface area contributed by atoms with Crippen LogP contribution in [0.25, 0.3) is 16.6 Å². The summed E-state index contributed by atoms with van der Waals surface area (Å²) in [6.07, 6.45) is 0.227. The predicted octanol–water partition coefficient (Wildman–Crippen LogP) is 5.33. The van der Waals surface area contributed by atoms with Crippen LogP contribution >= 0.6 is 23.1 Å². The topological polar surface area (TPSA) is 80.2 Å². The van der Waals surface area contributed by atoms with E-state index in [0.717, 1.165) is 28.4 Å². The highest BCUT2D eigenvalue weighted by Gasteiger charge is 2.25. The van der Waals surface area contributed by atoms with Crippen LogP contribution in [0.3, 0.4) is 0 Å². The molecule has 0 unspecified atom stereocenters. The molecule has 2 aromatic carbocycles. The number of aliphatic carboxylic acids is 1. The number of rotatable bonds is 6. The molecule has 0 aliphatic carbocycles. The minimum atomic E-state index is -1.14.